The fourth-order valence-corrected chi connectivity index (χ4v) is 0.872. The highest BCUT2D eigenvalue weighted by Gasteiger charge is 1.97. The van der Waals surface area contributed by atoms with E-state index in [0.717, 1.165) is 32.5 Å². The molecule has 0 aliphatic rings. The third-order valence-corrected chi connectivity index (χ3v) is 1.63. The Morgan fingerprint density at radius 1 is 1.25 bits per heavy atom. The molecule has 0 aromatic rings. The average molecular weight is 172 g/mol. The number of rotatable bonds is 7. The molecule has 3 heteroatoms. The number of hydrogen-bond acceptors (Lipinski definition) is 2. The molecule has 0 radical (unpaired) electrons. The maximum absolute atomic E-state index is 11.0. The van der Waals surface area contributed by atoms with Crippen molar-refractivity contribution in [2.45, 2.75) is 33.1 Å². The molecule has 0 spiro atoms. The Hall–Kier alpha value is -0.570. The molecule has 0 unspecified atom stereocenters. The van der Waals surface area contributed by atoms with Gasteiger partial charge in [0.15, 0.2) is 0 Å². The summed E-state index contributed by atoms with van der Waals surface area (Å²) in [6.07, 6.45) is 2.80. The zero-order valence-electron chi connectivity index (χ0n) is 8.15. The minimum absolute atomic E-state index is 0.157. The lowest BCUT2D eigenvalue weighted by Crippen LogP contribution is -2.28. The Bertz CT molecular complexity index is 103. The van der Waals surface area contributed by atoms with E-state index >= 15 is 0 Å². The van der Waals surface area contributed by atoms with Crippen LogP contribution in [-0.4, -0.2) is 25.5 Å². The monoisotopic (exact) mass is 172 g/mol. The maximum atomic E-state index is 11.0. The topological polar surface area (TPSA) is 41.1 Å². The second kappa shape index (κ2) is 8.53. The van der Waals surface area contributed by atoms with E-state index in [1.54, 1.807) is 0 Å². The smallest absolute Gasteiger partial charge is 0.221 e. The first-order valence-electron chi connectivity index (χ1n) is 4.78. The van der Waals surface area contributed by atoms with Gasteiger partial charge in [-0.1, -0.05) is 20.3 Å². The van der Waals surface area contributed by atoms with Gasteiger partial charge in [-0.05, 0) is 13.0 Å². The molecular formula is C9H20N2O. The van der Waals surface area contributed by atoms with Crippen molar-refractivity contribution in [2.75, 3.05) is 19.6 Å². The van der Waals surface area contributed by atoms with E-state index in [-0.39, 0.29) is 5.91 Å². The van der Waals surface area contributed by atoms with Crippen molar-refractivity contribution in [1.29, 1.82) is 0 Å². The maximum Gasteiger partial charge on any atom is 0.221 e. The molecule has 0 aliphatic carbocycles. The van der Waals surface area contributed by atoms with Crippen molar-refractivity contribution in [3.05, 3.63) is 0 Å². The lowest BCUT2D eigenvalue weighted by molar-refractivity contribution is -0.120. The molecule has 1 amide bonds. The van der Waals surface area contributed by atoms with E-state index in [1.165, 1.54) is 0 Å². The van der Waals surface area contributed by atoms with E-state index in [9.17, 15) is 4.79 Å². The molecule has 2 N–H and O–H groups in total. The SMILES string of the molecule is CCCCNC(=O)CCNCC. The van der Waals surface area contributed by atoms with Gasteiger partial charge < -0.3 is 10.6 Å². The van der Waals surface area contributed by atoms with Gasteiger partial charge in [0.05, 0.1) is 0 Å². The summed E-state index contributed by atoms with van der Waals surface area (Å²) in [5, 5.41) is 5.97. The molecule has 12 heavy (non-hydrogen) atoms. The van der Waals surface area contributed by atoms with E-state index in [1.807, 2.05) is 6.92 Å². The van der Waals surface area contributed by atoms with Crippen LogP contribution in [0.2, 0.25) is 0 Å². The van der Waals surface area contributed by atoms with Gasteiger partial charge in [0, 0.05) is 19.5 Å². The van der Waals surface area contributed by atoms with Gasteiger partial charge in [-0.3, -0.25) is 4.79 Å². The predicted octanol–water partition coefficient (Wildman–Crippen LogP) is 0.902. The Morgan fingerprint density at radius 3 is 2.58 bits per heavy atom. The molecule has 0 aliphatic heterocycles. The number of amides is 1. The molecular weight excluding hydrogens is 152 g/mol. The van der Waals surface area contributed by atoms with Crippen molar-refractivity contribution >= 4 is 5.91 Å². The number of hydrogen-bond donors (Lipinski definition) is 2. The summed E-state index contributed by atoms with van der Waals surface area (Å²) in [6, 6.07) is 0. The zero-order chi connectivity index (χ0) is 9.23. The zero-order valence-corrected chi connectivity index (χ0v) is 8.15. The molecule has 0 aromatic heterocycles. The van der Waals surface area contributed by atoms with Gasteiger partial charge in [0.25, 0.3) is 0 Å². The lowest BCUT2D eigenvalue weighted by atomic mass is 10.3. The highest BCUT2D eigenvalue weighted by molar-refractivity contribution is 5.75. The van der Waals surface area contributed by atoms with Crippen LogP contribution < -0.4 is 10.6 Å². The highest BCUT2D eigenvalue weighted by Crippen LogP contribution is 1.83. The minimum Gasteiger partial charge on any atom is -0.356 e. The Labute approximate surface area is 74.9 Å². The summed E-state index contributed by atoms with van der Waals surface area (Å²) in [7, 11) is 0. The molecule has 0 bridgehead atoms. The van der Waals surface area contributed by atoms with Crippen LogP contribution in [0.5, 0.6) is 0 Å². The van der Waals surface area contributed by atoms with Crippen LogP contribution in [0.4, 0.5) is 0 Å². The van der Waals surface area contributed by atoms with Crippen LogP contribution >= 0.6 is 0 Å². The summed E-state index contributed by atoms with van der Waals surface area (Å²) in [5.74, 6) is 0.157. The number of carbonyl (C=O) groups excluding carboxylic acids is 1. The number of nitrogens with one attached hydrogen (secondary N) is 2. The molecule has 0 rings (SSSR count). The lowest BCUT2D eigenvalue weighted by Gasteiger charge is -2.03. The highest BCUT2D eigenvalue weighted by atomic mass is 16.1. The van der Waals surface area contributed by atoms with Gasteiger partial charge in [-0.2, -0.15) is 0 Å². The first-order chi connectivity index (χ1) is 5.81. The molecule has 0 saturated carbocycles. The largest absolute Gasteiger partial charge is 0.356 e. The summed E-state index contributed by atoms with van der Waals surface area (Å²) < 4.78 is 0. The molecule has 3 nitrogen and oxygen atoms in total. The van der Waals surface area contributed by atoms with Crippen molar-refractivity contribution in [3.8, 4) is 0 Å². The summed E-state index contributed by atoms with van der Waals surface area (Å²) in [4.78, 5) is 11.0. The Balaban J connectivity index is 3.10. The number of carbonyl (C=O) groups is 1. The quantitative estimate of drug-likeness (QED) is 0.560. The number of unbranched alkanes of at least 4 members (excludes halogenated alkanes) is 1. The minimum atomic E-state index is 0.157. The van der Waals surface area contributed by atoms with Crippen LogP contribution in [-0.2, 0) is 4.79 Å². The van der Waals surface area contributed by atoms with Crippen LogP contribution in [0.15, 0.2) is 0 Å². The van der Waals surface area contributed by atoms with Crippen molar-refractivity contribution in [1.82, 2.24) is 10.6 Å². The summed E-state index contributed by atoms with van der Waals surface area (Å²) >= 11 is 0. The fraction of sp³-hybridized carbons (Fsp3) is 0.889. The molecule has 0 fully saturated rings. The standard InChI is InChI=1S/C9H20N2O/c1-3-5-7-11-9(12)6-8-10-4-2/h10H,3-8H2,1-2H3,(H,11,12). The van der Waals surface area contributed by atoms with Gasteiger partial charge in [0.2, 0.25) is 5.91 Å². The van der Waals surface area contributed by atoms with E-state index in [4.69, 9.17) is 0 Å². The van der Waals surface area contributed by atoms with E-state index < -0.39 is 0 Å². The van der Waals surface area contributed by atoms with Crippen molar-refractivity contribution in [2.24, 2.45) is 0 Å². The van der Waals surface area contributed by atoms with Crippen molar-refractivity contribution in [3.63, 3.8) is 0 Å². The van der Waals surface area contributed by atoms with Crippen LogP contribution in [0, 0.1) is 0 Å². The van der Waals surface area contributed by atoms with Gasteiger partial charge >= 0.3 is 0 Å². The first-order valence-corrected chi connectivity index (χ1v) is 4.78. The van der Waals surface area contributed by atoms with E-state index in [2.05, 4.69) is 17.6 Å². The van der Waals surface area contributed by atoms with E-state index in [0.29, 0.717) is 6.42 Å². The molecule has 0 saturated heterocycles. The average Bonchev–Trinajstić information content (AvgIpc) is 2.06. The second-order valence-corrected chi connectivity index (χ2v) is 2.81. The van der Waals surface area contributed by atoms with Gasteiger partial charge in [-0.15, -0.1) is 0 Å². The Morgan fingerprint density at radius 2 is 2.00 bits per heavy atom. The van der Waals surface area contributed by atoms with Crippen LogP contribution in [0.25, 0.3) is 0 Å². The predicted molar refractivity (Wildman–Crippen MR) is 51.1 cm³/mol. The second-order valence-electron chi connectivity index (χ2n) is 2.81. The fourth-order valence-electron chi connectivity index (χ4n) is 0.872. The van der Waals surface area contributed by atoms with Crippen LogP contribution in [0.3, 0.4) is 0 Å². The van der Waals surface area contributed by atoms with Gasteiger partial charge in [0.1, 0.15) is 0 Å². The Kier molecular flexibility index (Phi) is 8.12. The third-order valence-electron chi connectivity index (χ3n) is 1.63. The molecule has 0 aromatic carbocycles. The normalized spacial score (nSPS) is 9.83. The van der Waals surface area contributed by atoms with Crippen LogP contribution in [0.1, 0.15) is 33.1 Å². The third kappa shape index (κ3) is 7.54. The molecule has 0 atom stereocenters. The molecule has 0 heterocycles. The van der Waals surface area contributed by atoms with Gasteiger partial charge in [-0.25, -0.2) is 0 Å². The molecule has 72 valence electrons. The van der Waals surface area contributed by atoms with Crippen molar-refractivity contribution < 1.29 is 4.79 Å². The summed E-state index contributed by atoms with van der Waals surface area (Å²) in [5.41, 5.74) is 0. The summed E-state index contributed by atoms with van der Waals surface area (Å²) in [6.45, 7) is 6.69. The first kappa shape index (κ1) is 11.4.